The molecular weight excluding hydrogens is 322 g/mol. The maximum atomic E-state index is 12.0. The number of aliphatic carboxylic acids is 1. The summed E-state index contributed by atoms with van der Waals surface area (Å²) in [5.41, 5.74) is 0.807. The van der Waals surface area contributed by atoms with Crippen LogP contribution in [0.1, 0.15) is 24.4 Å². The van der Waals surface area contributed by atoms with Gasteiger partial charge in [-0.05, 0) is 17.7 Å². The standard InChI is InChI=1S/C15H14BrNO3/c1-2-10-7-14(18)17(9-10)13(8-15(19)20)11-3-5-12(16)6-4-11/h1,3-6,10,13H,7-9H2,(H,19,20). The minimum Gasteiger partial charge on any atom is -0.481 e. The van der Waals surface area contributed by atoms with Crippen molar-refractivity contribution in [1.29, 1.82) is 0 Å². The molecule has 1 heterocycles. The van der Waals surface area contributed by atoms with Crippen molar-refractivity contribution in [3.8, 4) is 12.3 Å². The van der Waals surface area contributed by atoms with E-state index in [1.54, 1.807) is 4.90 Å². The Kier molecular flexibility index (Phi) is 4.46. The molecule has 20 heavy (non-hydrogen) atoms. The van der Waals surface area contributed by atoms with Crippen molar-refractivity contribution in [3.05, 3.63) is 34.3 Å². The summed E-state index contributed by atoms with van der Waals surface area (Å²) in [7, 11) is 0. The van der Waals surface area contributed by atoms with Crippen LogP contribution in [0.5, 0.6) is 0 Å². The number of carboxylic acids is 1. The Balaban J connectivity index is 2.28. The van der Waals surface area contributed by atoms with Crippen molar-refractivity contribution in [2.45, 2.75) is 18.9 Å². The van der Waals surface area contributed by atoms with E-state index in [9.17, 15) is 9.59 Å². The third-order valence-electron chi connectivity index (χ3n) is 3.39. The van der Waals surface area contributed by atoms with Crippen LogP contribution in [0.15, 0.2) is 28.7 Å². The first kappa shape index (κ1) is 14.6. The molecule has 0 aromatic heterocycles. The first-order chi connectivity index (χ1) is 9.51. The van der Waals surface area contributed by atoms with Crippen LogP contribution in [0.2, 0.25) is 0 Å². The second-order valence-electron chi connectivity index (χ2n) is 4.78. The zero-order chi connectivity index (χ0) is 14.7. The Morgan fingerprint density at radius 2 is 2.15 bits per heavy atom. The summed E-state index contributed by atoms with van der Waals surface area (Å²) in [4.78, 5) is 24.7. The van der Waals surface area contributed by atoms with Gasteiger partial charge in [0.15, 0.2) is 0 Å². The number of benzene rings is 1. The van der Waals surface area contributed by atoms with Gasteiger partial charge in [-0.2, -0.15) is 0 Å². The summed E-state index contributed by atoms with van der Waals surface area (Å²) in [6, 6.07) is 6.86. The van der Waals surface area contributed by atoms with E-state index >= 15 is 0 Å². The van der Waals surface area contributed by atoms with Crippen molar-refractivity contribution in [3.63, 3.8) is 0 Å². The number of halogens is 1. The SMILES string of the molecule is C#CC1CC(=O)N(C(CC(=O)O)c2ccc(Br)cc2)C1. The highest BCUT2D eigenvalue weighted by atomic mass is 79.9. The van der Waals surface area contributed by atoms with Gasteiger partial charge in [-0.25, -0.2) is 0 Å². The van der Waals surface area contributed by atoms with E-state index < -0.39 is 12.0 Å². The van der Waals surface area contributed by atoms with Gasteiger partial charge < -0.3 is 10.0 Å². The lowest BCUT2D eigenvalue weighted by molar-refractivity contribution is -0.139. The van der Waals surface area contributed by atoms with Crippen LogP contribution in [0.25, 0.3) is 0 Å². The number of carboxylic acid groups (broad SMARTS) is 1. The average molecular weight is 336 g/mol. The van der Waals surface area contributed by atoms with E-state index in [1.807, 2.05) is 24.3 Å². The Hall–Kier alpha value is -1.80. The normalized spacial score (nSPS) is 19.7. The van der Waals surface area contributed by atoms with E-state index in [-0.39, 0.29) is 18.2 Å². The van der Waals surface area contributed by atoms with Gasteiger partial charge in [0.05, 0.1) is 12.5 Å². The summed E-state index contributed by atoms with van der Waals surface area (Å²) in [5, 5.41) is 9.08. The smallest absolute Gasteiger partial charge is 0.305 e. The van der Waals surface area contributed by atoms with Gasteiger partial charge in [0, 0.05) is 23.4 Å². The van der Waals surface area contributed by atoms with Crippen LogP contribution in [0, 0.1) is 18.3 Å². The molecule has 1 fully saturated rings. The van der Waals surface area contributed by atoms with Crippen LogP contribution in [-0.2, 0) is 9.59 Å². The van der Waals surface area contributed by atoms with Crippen LogP contribution in [-0.4, -0.2) is 28.4 Å². The van der Waals surface area contributed by atoms with Crippen molar-refractivity contribution in [2.24, 2.45) is 5.92 Å². The molecule has 1 N–H and O–H groups in total. The number of rotatable bonds is 4. The third-order valence-corrected chi connectivity index (χ3v) is 3.92. The Morgan fingerprint density at radius 3 is 2.65 bits per heavy atom. The van der Waals surface area contributed by atoms with Crippen molar-refractivity contribution >= 4 is 27.8 Å². The first-order valence-corrected chi connectivity index (χ1v) is 7.03. The lowest BCUT2D eigenvalue weighted by Crippen LogP contribution is -2.31. The molecule has 0 spiro atoms. The average Bonchev–Trinajstić information content (AvgIpc) is 2.78. The van der Waals surface area contributed by atoms with Crippen LogP contribution >= 0.6 is 15.9 Å². The monoisotopic (exact) mass is 335 g/mol. The summed E-state index contributed by atoms with van der Waals surface area (Å²) in [5.74, 6) is 1.43. The maximum absolute atomic E-state index is 12.0. The lowest BCUT2D eigenvalue weighted by Gasteiger charge is -2.27. The molecule has 2 rings (SSSR count). The van der Waals surface area contributed by atoms with Crippen molar-refractivity contribution < 1.29 is 14.7 Å². The molecule has 2 atom stereocenters. The molecule has 5 heteroatoms. The van der Waals surface area contributed by atoms with Crippen molar-refractivity contribution in [2.75, 3.05) is 6.54 Å². The molecule has 0 saturated carbocycles. The van der Waals surface area contributed by atoms with Crippen LogP contribution in [0.3, 0.4) is 0 Å². The quantitative estimate of drug-likeness (QED) is 0.860. The molecule has 0 radical (unpaired) electrons. The topological polar surface area (TPSA) is 57.6 Å². The van der Waals surface area contributed by atoms with E-state index in [0.717, 1.165) is 10.0 Å². The fourth-order valence-corrected chi connectivity index (χ4v) is 2.67. The van der Waals surface area contributed by atoms with Gasteiger partial charge in [0.1, 0.15) is 0 Å². The first-order valence-electron chi connectivity index (χ1n) is 6.24. The zero-order valence-corrected chi connectivity index (χ0v) is 12.3. The van der Waals surface area contributed by atoms with Gasteiger partial charge in [0.2, 0.25) is 5.91 Å². The highest BCUT2D eigenvalue weighted by molar-refractivity contribution is 9.10. The lowest BCUT2D eigenvalue weighted by atomic mass is 10.0. The third kappa shape index (κ3) is 3.20. The zero-order valence-electron chi connectivity index (χ0n) is 10.8. The number of hydrogen-bond acceptors (Lipinski definition) is 2. The molecule has 1 amide bonds. The van der Waals surface area contributed by atoms with Crippen LogP contribution in [0.4, 0.5) is 0 Å². The molecule has 1 saturated heterocycles. The van der Waals surface area contributed by atoms with E-state index in [4.69, 9.17) is 11.5 Å². The van der Waals surface area contributed by atoms with Gasteiger partial charge in [-0.15, -0.1) is 12.3 Å². The number of nitrogens with zero attached hydrogens (tertiary/aromatic N) is 1. The molecule has 1 aromatic rings. The van der Waals surface area contributed by atoms with Gasteiger partial charge in [-0.3, -0.25) is 9.59 Å². The van der Waals surface area contributed by atoms with Gasteiger partial charge >= 0.3 is 5.97 Å². The van der Waals surface area contributed by atoms with Crippen LogP contribution < -0.4 is 0 Å². The second kappa shape index (κ2) is 6.10. The molecule has 1 aromatic carbocycles. The predicted octanol–water partition coefficient (Wildman–Crippen LogP) is 2.45. The fraction of sp³-hybridized carbons (Fsp3) is 0.333. The molecule has 2 unspecified atom stereocenters. The highest BCUT2D eigenvalue weighted by Gasteiger charge is 2.35. The van der Waals surface area contributed by atoms with Crippen molar-refractivity contribution in [1.82, 2.24) is 4.90 Å². The maximum Gasteiger partial charge on any atom is 0.305 e. The largest absolute Gasteiger partial charge is 0.481 e. The van der Waals surface area contributed by atoms with E-state index in [1.165, 1.54) is 0 Å². The van der Waals surface area contributed by atoms with Gasteiger partial charge in [0.25, 0.3) is 0 Å². The van der Waals surface area contributed by atoms with E-state index in [0.29, 0.717) is 13.0 Å². The minimum atomic E-state index is -0.935. The molecule has 1 aliphatic rings. The summed E-state index contributed by atoms with van der Waals surface area (Å²) < 4.78 is 0.907. The molecule has 0 bridgehead atoms. The molecule has 1 aliphatic heterocycles. The predicted molar refractivity (Wildman–Crippen MR) is 77.8 cm³/mol. The summed E-state index contributed by atoms with van der Waals surface area (Å²) in [6.07, 6.45) is 5.54. The number of carbonyl (C=O) groups excluding carboxylic acids is 1. The number of amides is 1. The Bertz CT molecular complexity index is 561. The fourth-order valence-electron chi connectivity index (χ4n) is 2.40. The molecule has 4 nitrogen and oxygen atoms in total. The summed E-state index contributed by atoms with van der Waals surface area (Å²) in [6.45, 7) is 0.420. The Morgan fingerprint density at radius 1 is 1.50 bits per heavy atom. The minimum absolute atomic E-state index is 0.0814. The second-order valence-corrected chi connectivity index (χ2v) is 5.69. The summed E-state index contributed by atoms with van der Waals surface area (Å²) >= 11 is 3.34. The van der Waals surface area contributed by atoms with E-state index in [2.05, 4.69) is 21.9 Å². The number of terminal acetylenes is 1. The molecule has 0 aliphatic carbocycles. The molecular formula is C15H14BrNO3. The number of hydrogen-bond donors (Lipinski definition) is 1. The van der Waals surface area contributed by atoms with Gasteiger partial charge in [-0.1, -0.05) is 28.1 Å². The number of likely N-dealkylation sites (tertiary alicyclic amines) is 1. The number of carbonyl (C=O) groups is 2. The Labute approximate surface area is 125 Å². The highest BCUT2D eigenvalue weighted by Crippen LogP contribution is 2.31. The molecule has 104 valence electrons.